The van der Waals surface area contributed by atoms with E-state index in [9.17, 15) is 5.11 Å². The molecule has 0 aliphatic carbocycles. The first-order valence-electron chi connectivity index (χ1n) is 7.28. The molecule has 4 heteroatoms. The quantitative estimate of drug-likeness (QED) is 0.751. The molecule has 0 aliphatic heterocycles. The van der Waals surface area contributed by atoms with Crippen LogP contribution in [0.25, 0.3) is 0 Å². The number of aliphatic hydroxyl groups excluding tert-OH is 1. The van der Waals surface area contributed by atoms with Crippen LogP contribution < -0.4 is 10.1 Å². The molecular formula is C16H26BrNO2. The third-order valence-corrected chi connectivity index (χ3v) is 4.52. The number of methoxy groups -OCH3 is 1. The standard InChI is InChI=1S/C16H26BrNO2/c1-5-12(6-2)15(19)10-18-11(3)13-7-8-16(20-4)14(17)9-13/h7-9,11-12,15,18-19H,5-6,10H2,1-4H3. The number of nitrogens with one attached hydrogen (secondary N) is 1. The molecule has 0 radical (unpaired) electrons. The Labute approximate surface area is 130 Å². The molecule has 1 aromatic rings. The number of hydrogen-bond donors (Lipinski definition) is 2. The Morgan fingerprint density at radius 1 is 1.30 bits per heavy atom. The van der Waals surface area contributed by atoms with E-state index >= 15 is 0 Å². The Kier molecular flexibility index (Phi) is 7.56. The monoisotopic (exact) mass is 343 g/mol. The first-order valence-corrected chi connectivity index (χ1v) is 8.07. The molecule has 1 rings (SSSR count). The van der Waals surface area contributed by atoms with Gasteiger partial charge in [-0.25, -0.2) is 0 Å². The molecule has 0 amide bonds. The van der Waals surface area contributed by atoms with Crippen LogP contribution in [0.2, 0.25) is 0 Å². The van der Waals surface area contributed by atoms with Crippen LogP contribution in [0.1, 0.15) is 45.2 Å². The van der Waals surface area contributed by atoms with E-state index in [1.807, 2.05) is 12.1 Å². The summed E-state index contributed by atoms with van der Waals surface area (Å²) in [4.78, 5) is 0. The summed E-state index contributed by atoms with van der Waals surface area (Å²) in [6.07, 6.45) is 1.75. The van der Waals surface area contributed by atoms with E-state index in [1.54, 1.807) is 7.11 Å². The maximum atomic E-state index is 10.1. The predicted octanol–water partition coefficient (Wildman–Crippen LogP) is 3.91. The summed E-state index contributed by atoms with van der Waals surface area (Å²) in [5.74, 6) is 1.20. The number of hydrogen-bond acceptors (Lipinski definition) is 3. The highest BCUT2D eigenvalue weighted by Crippen LogP contribution is 2.28. The molecule has 0 aromatic heterocycles. The minimum atomic E-state index is -0.283. The molecule has 2 N–H and O–H groups in total. The van der Waals surface area contributed by atoms with Crippen molar-refractivity contribution in [2.75, 3.05) is 13.7 Å². The highest BCUT2D eigenvalue weighted by molar-refractivity contribution is 9.10. The van der Waals surface area contributed by atoms with Crippen molar-refractivity contribution < 1.29 is 9.84 Å². The molecule has 2 atom stereocenters. The lowest BCUT2D eigenvalue weighted by Crippen LogP contribution is -2.33. The lowest BCUT2D eigenvalue weighted by Gasteiger charge is -2.23. The molecule has 3 nitrogen and oxygen atoms in total. The van der Waals surface area contributed by atoms with Crippen LogP contribution in [-0.4, -0.2) is 24.9 Å². The lowest BCUT2D eigenvalue weighted by molar-refractivity contribution is 0.0989. The van der Waals surface area contributed by atoms with E-state index in [-0.39, 0.29) is 12.1 Å². The van der Waals surface area contributed by atoms with E-state index in [2.05, 4.69) is 48.1 Å². The van der Waals surface area contributed by atoms with E-state index in [4.69, 9.17) is 4.74 Å². The second-order valence-corrected chi connectivity index (χ2v) is 6.02. The van der Waals surface area contributed by atoms with Crippen LogP contribution in [0.4, 0.5) is 0 Å². The van der Waals surface area contributed by atoms with Crippen LogP contribution in [0.3, 0.4) is 0 Å². The van der Waals surface area contributed by atoms with Gasteiger partial charge in [0.2, 0.25) is 0 Å². The molecule has 0 spiro atoms. The minimum absolute atomic E-state index is 0.196. The highest BCUT2D eigenvalue weighted by atomic mass is 79.9. The highest BCUT2D eigenvalue weighted by Gasteiger charge is 2.16. The van der Waals surface area contributed by atoms with E-state index in [1.165, 1.54) is 5.56 Å². The largest absolute Gasteiger partial charge is 0.496 e. The maximum Gasteiger partial charge on any atom is 0.133 e. The van der Waals surface area contributed by atoms with Gasteiger partial charge in [0.05, 0.1) is 17.7 Å². The fourth-order valence-electron chi connectivity index (χ4n) is 2.37. The Balaban J connectivity index is 2.58. The topological polar surface area (TPSA) is 41.5 Å². The zero-order valence-corrected chi connectivity index (χ0v) is 14.4. The molecular weight excluding hydrogens is 318 g/mol. The lowest BCUT2D eigenvalue weighted by atomic mass is 9.96. The van der Waals surface area contributed by atoms with E-state index in [0.717, 1.165) is 23.1 Å². The fourth-order valence-corrected chi connectivity index (χ4v) is 2.93. The molecule has 1 aromatic carbocycles. The van der Waals surface area contributed by atoms with Crippen LogP contribution in [-0.2, 0) is 0 Å². The Morgan fingerprint density at radius 3 is 2.45 bits per heavy atom. The van der Waals surface area contributed by atoms with E-state index < -0.39 is 0 Å². The van der Waals surface area contributed by atoms with Crippen LogP contribution in [0, 0.1) is 5.92 Å². The third kappa shape index (κ3) is 4.76. The normalized spacial score (nSPS) is 14.3. The molecule has 0 saturated carbocycles. The molecule has 2 unspecified atom stereocenters. The molecule has 0 heterocycles. The molecule has 0 saturated heterocycles. The van der Waals surface area contributed by atoms with Gasteiger partial charge in [0.15, 0.2) is 0 Å². The zero-order valence-electron chi connectivity index (χ0n) is 12.8. The summed E-state index contributed by atoms with van der Waals surface area (Å²) in [6.45, 7) is 6.98. The third-order valence-electron chi connectivity index (χ3n) is 3.90. The fraction of sp³-hybridized carbons (Fsp3) is 0.625. The van der Waals surface area contributed by atoms with Crippen LogP contribution in [0.5, 0.6) is 5.75 Å². The molecule has 20 heavy (non-hydrogen) atoms. The van der Waals surface area contributed by atoms with Gasteiger partial charge in [-0.15, -0.1) is 0 Å². The van der Waals surface area contributed by atoms with Crippen molar-refractivity contribution >= 4 is 15.9 Å². The van der Waals surface area contributed by atoms with Gasteiger partial charge in [0.1, 0.15) is 5.75 Å². The van der Waals surface area contributed by atoms with Crippen molar-refractivity contribution in [2.24, 2.45) is 5.92 Å². The maximum absolute atomic E-state index is 10.1. The van der Waals surface area contributed by atoms with Crippen molar-refractivity contribution in [1.82, 2.24) is 5.32 Å². The van der Waals surface area contributed by atoms with E-state index in [0.29, 0.717) is 12.5 Å². The van der Waals surface area contributed by atoms with Crippen LogP contribution >= 0.6 is 15.9 Å². The molecule has 114 valence electrons. The number of benzene rings is 1. The molecule has 0 fully saturated rings. The van der Waals surface area contributed by atoms with Gasteiger partial charge in [0, 0.05) is 12.6 Å². The van der Waals surface area contributed by atoms with Gasteiger partial charge in [-0.3, -0.25) is 0 Å². The average molecular weight is 344 g/mol. The summed E-state index contributed by atoms with van der Waals surface area (Å²) >= 11 is 3.50. The Morgan fingerprint density at radius 2 is 1.95 bits per heavy atom. The van der Waals surface area contributed by atoms with Crippen molar-refractivity contribution in [3.63, 3.8) is 0 Å². The van der Waals surface area contributed by atoms with Crippen molar-refractivity contribution in [2.45, 2.75) is 45.8 Å². The predicted molar refractivity (Wildman–Crippen MR) is 87.2 cm³/mol. The first-order chi connectivity index (χ1) is 9.53. The summed E-state index contributed by atoms with van der Waals surface area (Å²) in [5.41, 5.74) is 1.18. The van der Waals surface area contributed by atoms with Gasteiger partial charge < -0.3 is 15.2 Å². The Bertz CT molecular complexity index is 407. The summed E-state index contributed by atoms with van der Waals surface area (Å²) in [7, 11) is 1.66. The van der Waals surface area contributed by atoms with Crippen molar-refractivity contribution in [1.29, 1.82) is 0 Å². The van der Waals surface area contributed by atoms with Crippen LogP contribution in [0.15, 0.2) is 22.7 Å². The van der Waals surface area contributed by atoms with Gasteiger partial charge >= 0.3 is 0 Å². The number of ether oxygens (including phenoxy) is 1. The van der Waals surface area contributed by atoms with Gasteiger partial charge in [-0.05, 0) is 46.5 Å². The zero-order chi connectivity index (χ0) is 15.1. The first kappa shape index (κ1) is 17.5. The SMILES string of the molecule is CCC(CC)C(O)CNC(C)c1ccc(OC)c(Br)c1. The summed E-state index contributed by atoms with van der Waals surface area (Å²) in [5, 5.41) is 13.6. The average Bonchev–Trinajstić information content (AvgIpc) is 2.45. The van der Waals surface area contributed by atoms with Gasteiger partial charge in [0.25, 0.3) is 0 Å². The minimum Gasteiger partial charge on any atom is -0.496 e. The van der Waals surface area contributed by atoms with Gasteiger partial charge in [-0.1, -0.05) is 32.8 Å². The second-order valence-electron chi connectivity index (χ2n) is 5.17. The number of rotatable bonds is 8. The number of aliphatic hydroxyl groups is 1. The van der Waals surface area contributed by atoms with Crippen molar-refractivity contribution in [3.05, 3.63) is 28.2 Å². The Hall–Kier alpha value is -0.580. The molecule has 0 aliphatic rings. The van der Waals surface area contributed by atoms with Gasteiger partial charge in [-0.2, -0.15) is 0 Å². The number of halogens is 1. The summed E-state index contributed by atoms with van der Waals surface area (Å²) < 4.78 is 6.18. The molecule has 0 bridgehead atoms. The van der Waals surface area contributed by atoms with Crippen molar-refractivity contribution in [3.8, 4) is 5.75 Å². The second kappa shape index (κ2) is 8.65. The summed E-state index contributed by atoms with van der Waals surface area (Å²) in [6, 6.07) is 6.25. The smallest absolute Gasteiger partial charge is 0.133 e.